The van der Waals surface area contributed by atoms with Crippen LogP contribution in [-0.4, -0.2) is 22.5 Å². The summed E-state index contributed by atoms with van der Waals surface area (Å²) in [5.74, 6) is -0.283. The van der Waals surface area contributed by atoms with Gasteiger partial charge in [-0.3, -0.25) is 4.79 Å². The highest BCUT2D eigenvalue weighted by Crippen LogP contribution is 2.31. The van der Waals surface area contributed by atoms with E-state index in [1.54, 1.807) is 6.33 Å². The Balaban J connectivity index is 2.16. The van der Waals surface area contributed by atoms with Crippen molar-refractivity contribution in [2.45, 2.75) is 25.7 Å². The van der Waals surface area contributed by atoms with Crippen LogP contribution in [0.4, 0.5) is 0 Å². The molecule has 0 radical (unpaired) electrons. The van der Waals surface area contributed by atoms with E-state index in [0.717, 1.165) is 24.2 Å². The van der Waals surface area contributed by atoms with Gasteiger partial charge in [-0.2, -0.15) is 0 Å². The first kappa shape index (κ1) is 8.29. The summed E-state index contributed by atoms with van der Waals surface area (Å²) in [7, 11) is 0. The van der Waals surface area contributed by atoms with Crippen molar-refractivity contribution < 1.29 is 9.53 Å². The third-order valence-corrected chi connectivity index (χ3v) is 2.34. The first-order chi connectivity index (χ1) is 6.33. The second-order valence-electron chi connectivity index (χ2n) is 3.11. The largest absolute Gasteiger partial charge is 0.465 e. The molecule has 0 saturated carbocycles. The molecule has 2 rings (SSSR count). The Morgan fingerprint density at radius 1 is 1.85 bits per heavy atom. The molecule has 0 spiro atoms. The quantitative estimate of drug-likeness (QED) is 0.691. The lowest BCUT2D eigenvalue weighted by Crippen LogP contribution is -2.13. The summed E-state index contributed by atoms with van der Waals surface area (Å²) in [5, 5.41) is 0. The second kappa shape index (κ2) is 3.20. The normalized spacial score (nSPS) is 19.9. The number of fused-ring (bicyclic) bond motifs is 1. The third kappa shape index (κ3) is 1.32. The minimum Gasteiger partial charge on any atom is -0.465 e. The summed E-state index contributed by atoms with van der Waals surface area (Å²) in [6.45, 7) is 2.26. The van der Waals surface area contributed by atoms with Gasteiger partial charge in [0, 0.05) is 5.69 Å². The molecule has 0 aromatic carbocycles. The topological polar surface area (TPSA) is 55.0 Å². The Morgan fingerprint density at radius 3 is 3.46 bits per heavy atom. The van der Waals surface area contributed by atoms with Crippen LogP contribution in [0.2, 0.25) is 0 Å². The van der Waals surface area contributed by atoms with Gasteiger partial charge in [0.1, 0.15) is 5.92 Å². The van der Waals surface area contributed by atoms with Gasteiger partial charge in [0.15, 0.2) is 0 Å². The smallest absolute Gasteiger partial charge is 0.315 e. The number of nitrogens with one attached hydrogen (secondary N) is 1. The van der Waals surface area contributed by atoms with Crippen LogP contribution in [0.25, 0.3) is 0 Å². The Bertz CT molecular complexity index is 319. The van der Waals surface area contributed by atoms with Crippen LogP contribution in [0.15, 0.2) is 6.33 Å². The number of hydrogen-bond donors (Lipinski definition) is 1. The van der Waals surface area contributed by atoms with Crippen LogP contribution in [0.3, 0.4) is 0 Å². The Kier molecular flexibility index (Phi) is 2.04. The number of carbonyl (C=O) groups is 1. The van der Waals surface area contributed by atoms with Crippen molar-refractivity contribution in [1.82, 2.24) is 9.97 Å². The van der Waals surface area contributed by atoms with Crippen LogP contribution < -0.4 is 0 Å². The van der Waals surface area contributed by atoms with E-state index in [0.29, 0.717) is 6.61 Å². The van der Waals surface area contributed by atoms with Gasteiger partial charge in [0.05, 0.1) is 18.6 Å². The fourth-order valence-electron chi connectivity index (χ4n) is 1.73. The van der Waals surface area contributed by atoms with Crippen molar-refractivity contribution >= 4 is 5.97 Å². The Labute approximate surface area is 76.3 Å². The predicted molar refractivity (Wildman–Crippen MR) is 46.3 cm³/mol. The molecule has 1 aromatic heterocycles. The first-order valence-electron chi connectivity index (χ1n) is 4.51. The number of aryl methyl sites for hydroxylation is 1. The van der Waals surface area contributed by atoms with E-state index in [4.69, 9.17) is 4.74 Å². The second-order valence-corrected chi connectivity index (χ2v) is 3.11. The van der Waals surface area contributed by atoms with Gasteiger partial charge in [-0.25, -0.2) is 4.98 Å². The Hall–Kier alpha value is -1.32. The zero-order chi connectivity index (χ0) is 9.26. The molecule has 1 N–H and O–H groups in total. The van der Waals surface area contributed by atoms with Gasteiger partial charge in [0.2, 0.25) is 0 Å². The number of nitrogens with zero attached hydrogens (tertiary/aromatic N) is 1. The number of H-pyrrole nitrogens is 1. The van der Waals surface area contributed by atoms with Crippen molar-refractivity contribution in [3.63, 3.8) is 0 Å². The van der Waals surface area contributed by atoms with Gasteiger partial charge < -0.3 is 9.72 Å². The van der Waals surface area contributed by atoms with Crippen LogP contribution in [0, 0.1) is 0 Å². The van der Waals surface area contributed by atoms with Gasteiger partial charge in [-0.05, 0) is 19.8 Å². The lowest BCUT2D eigenvalue weighted by atomic mass is 10.1. The number of hydrogen-bond acceptors (Lipinski definition) is 3. The average Bonchev–Trinajstić information content (AvgIpc) is 2.62. The number of ether oxygens (including phenoxy) is 1. The molecule has 1 aliphatic rings. The lowest BCUT2D eigenvalue weighted by Gasteiger charge is -2.06. The molecule has 0 fully saturated rings. The minimum atomic E-state index is -0.145. The summed E-state index contributed by atoms with van der Waals surface area (Å²) < 4.78 is 4.96. The predicted octanol–water partition coefficient (Wildman–Crippen LogP) is 1.00. The Morgan fingerprint density at radius 2 is 2.69 bits per heavy atom. The van der Waals surface area contributed by atoms with Crippen LogP contribution in [-0.2, 0) is 16.0 Å². The van der Waals surface area contributed by atoms with Crippen LogP contribution in [0.5, 0.6) is 0 Å². The number of aromatic nitrogens is 2. The molecule has 0 bridgehead atoms. The zero-order valence-corrected chi connectivity index (χ0v) is 7.54. The summed E-state index contributed by atoms with van der Waals surface area (Å²) in [6, 6.07) is 0. The highest BCUT2D eigenvalue weighted by Gasteiger charge is 2.31. The number of rotatable bonds is 2. The molecule has 1 aromatic rings. The van der Waals surface area contributed by atoms with Gasteiger partial charge >= 0.3 is 5.97 Å². The maximum Gasteiger partial charge on any atom is 0.315 e. The van der Waals surface area contributed by atoms with Gasteiger partial charge in [-0.1, -0.05) is 0 Å². The molecule has 4 heteroatoms. The molecule has 0 saturated heterocycles. The SMILES string of the molecule is CCOC(=O)[C@H]1CCc2[nH]cnc21. The summed E-state index contributed by atoms with van der Waals surface area (Å²) in [4.78, 5) is 18.6. The highest BCUT2D eigenvalue weighted by atomic mass is 16.5. The number of esters is 1. The number of aromatic amines is 1. The van der Waals surface area contributed by atoms with Crippen molar-refractivity contribution in [2.75, 3.05) is 6.61 Å². The molecule has 13 heavy (non-hydrogen) atoms. The molecule has 1 atom stereocenters. The molecule has 70 valence electrons. The zero-order valence-electron chi connectivity index (χ0n) is 7.54. The summed E-state index contributed by atoms with van der Waals surface area (Å²) in [6.07, 6.45) is 3.36. The average molecular weight is 180 g/mol. The van der Waals surface area contributed by atoms with Crippen molar-refractivity contribution in [3.05, 3.63) is 17.7 Å². The van der Waals surface area contributed by atoms with E-state index < -0.39 is 0 Å². The van der Waals surface area contributed by atoms with E-state index >= 15 is 0 Å². The van der Waals surface area contributed by atoms with E-state index in [2.05, 4.69) is 9.97 Å². The number of carbonyl (C=O) groups excluding carboxylic acids is 1. The molecular formula is C9H12N2O2. The van der Waals surface area contributed by atoms with Gasteiger partial charge in [0.25, 0.3) is 0 Å². The summed E-state index contributed by atoms with van der Waals surface area (Å²) in [5.41, 5.74) is 1.96. The van der Waals surface area contributed by atoms with Crippen molar-refractivity contribution in [2.24, 2.45) is 0 Å². The first-order valence-corrected chi connectivity index (χ1v) is 4.51. The fraction of sp³-hybridized carbons (Fsp3) is 0.556. The lowest BCUT2D eigenvalue weighted by molar-refractivity contribution is -0.145. The van der Waals surface area contributed by atoms with Crippen molar-refractivity contribution in [3.8, 4) is 0 Å². The molecule has 1 heterocycles. The standard InChI is InChI=1S/C9H12N2O2/c1-2-13-9(12)6-3-4-7-8(6)11-5-10-7/h5-6H,2-4H2,1H3,(H,10,11)/t6-/m0/s1. The van der Waals surface area contributed by atoms with E-state index in [1.807, 2.05) is 6.92 Å². The molecule has 1 aliphatic carbocycles. The molecule has 0 aliphatic heterocycles. The van der Waals surface area contributed by atoms with Crippen molar-refractivity contribution in [1.29, 1.82) is 0 Å². The van der Waals surface area contributed by atoms with Crippen LogP contribution in [0.1, 0.15) is 30.7 Å². The monoisotopic (exact) mass is 180 g/mol. The summed E-state index contributed by atoms with van der Waals surface area (Å²) >= 11 is 0. The molecule has 0 amide bonds. The van der Waals surface area contributed by atoms with Crippen LogP contribution >= 0.6 is 0 Å². The van der Waals surface area contributed by atoms with E-state index in [9.17, 15) is 4.79 Å². The minimum absolute atomic E-state index is 0.138. The van der Waals surface area contributed by atoms with E-state index in [-0.39, 0.29) is 11.9 Å². The molecular weight excluding hydrogens is 168 g/mol. The maximum absolute atomic E-state index is 11.4. The highest BCUT2D eigenvalue weighted by molar-refractivity contribution is 5.78. The fourth-order valence-corrected chi connectivity index (χ4v) is 1.73. The van der Waals surface area contributed by atoms with Gasteiger partial charge in [-0.15, -0.1) is 0 Å². The molecule has 4 nitrogen and oxygen atoms in total. The maximum atomic E-state index is 11.4. The number of imidazole rings is 1. The molecule has 0 unspecified atom stereocenters. The third-order valence-electron chi connectivity index (χ3n) is 2.34. The van der Waals surface area contributed by atoms with E-state index in [1.165, 1.54) is 0 Å².